The summed E-state index contributed by atoms with van der Waals surface area (Å²) in [6, 6.07) is 5.37. The second-order valence-electron chi connectivity index (χ2n) is 5.52. The first-order valence-electron chi connectivity index (χ1n) is 7.44. The van der Waals surface area contributed by atoms with Gasteiger partial charge in [0.2, 0.25) is 5.88 Å². The third-order valence-electron chi connectivity index (χ3n) is 3.74. The summed E-state index contributed by atoms with van der Waals surface area (Å²) in [5.41, 5.74) is -3.18. The number of hydrogen-bond donors (Lipinski definition) is 4. The molecule has 0 saturated heterocycles. The molecule has 140 valence electrons. The smallest absolute Gasteiger partial charge is 0.415 e. The number of hydrogen-bond acceptors (Lipinski definition) is 5. The molecule has 0 fully saturated rings. The Bertz CT molecular complexity index is 1080. The normalized spacial score (nSPS) is 13.9. The van der Waals surface area contributed by atoms with Gasteiger partial charge in [-0.15, -0.1) is 0 Å². The Balaban J connectivity index is 1.85. The number of allylic oxidation sites excluding steroid dienone is 1. The van der Waals surface area contributed by atoms with E-state index in [4.69, 9.17) is 0 Å². The second kappa shape index (κ2) is 6.59. The largest absolute Gasteiger partial charge is 0.494 e. The number of amides is 1. The molecule has 1 aliphatic heterocycles. The van der Waals surface area contributed by atoms with Crippen LogP contribution in [-0.4, -0.2) is 39.9 Å². The van der Waals surface area contributed by atoms with E-state index in [9.17, 15) is 32.7 Å². The van der Waals surface area contributed by atoms with Crippen LogP contribution in [0, 0.1) is 0 Å². The number of rotatable bonds is 3. The summed E-state index contributed by atoms with van der Waals surface area (Å²) in [6.45, 7) is -0.453. The van der Waals surface area contributed by atoms with Gasteiger partial charge >= 0.3 is 11.9 Å². The van der Waals surface area contributed by atoms with Gasteiger partial charge in [0.1, 0.15) is 0 Å². The summed E-state index contributed by atoms with van der Waals surface area (Å²) in [5, 5.41) is 11.9. The lowest BCUT2D eigenvalue weighted by molar-refractivity contribution is -0.0910. The zero-order valence-electron chi connectivity index (χ0n) is 13.3. The summed E-state index contributed by atoms with van der Waals surface area (Å²) in [7, 11) is 0. The average molecular weight is 380 g/mol. The Morgan fingerprint density at radius 1 is 1.15 bits per heavy atom. The molecule has 2 aromatic rings. The molecule has 2 heterocycles. The summed E-state index contributed by atoms with van der Waals surface area (Å²) >= 11 is 0. The van der Waals surface area contributed by atoms with E-state index in [2.05, 4.69) is 10.3 Å². The van der Waals surface area contributed by atoms with Crippen molar-refractivity contribution in [2.75, 3.05) is 11.9 Å². The topological polar surface area (TPSA) is 127 Å². The van der Waals surface area contributed by atoms with E-state index >= 15 is 0 Å². The summed E-state index contributed by atoms with van der Waals surface area (Å²) in [4.78, 5) is 42.0. The van der Waals surface area contributed by atoms with Gasteiger partial charge in [-0.25, -0.2) is 4.79 Å². The SMILES string of the molecule is O=C(Nc1ccc(C2=C(C(F)(F)F)CN=C2)cc1)c1c(O)[nH]c(=O)[nH]c1=O. The van der Waals surface area contributed by atoms with Gasteiger partial charge in [0.15, 0.2) is 5.56 Å². The molecule has 1 amide bonds. The zero-order valence-corrected chi connectivity index (χ0v) is 13.3. The first-order chi connectivity index (χ1) is 12.7. The summed E-state index contributed by atoms with van der Waals surface area (Å²) in [5.74, 6) is -1.91. The summed E-state index contributed by atoms with van der Waals surface area (Å²) in [6.07, 6.45) is -3.37. The molecule has 0 atom stereocenters. The van der Waals surface area contributed by atoms with E-state index in [1.165, 1.54) is 24.3 Å². The van der Waals surface area contributed by atoms with Gasteiger partial charge in [-0.3, -0.25) is 24.5 Å². The Kier molecular flexibility index (Phi) is 4.44. The number of nitrogens with one attached hydrogen (secondary N) is 3. The van der Waals surface area contributed by atoms with Crippen molar-refractivity contribution in [2.45, 2.75) is 6.18 Å². The number of carbonyl (C=O) groups is 1. The molecule has 1 aromatic heterocycles. The number of aromatic hydroxyl groups is 1. The van der Waals surface area contributed by atoms with Crippen LogP contribution in [0.25, 0.3) is 5.57 Å². The second-order valence-corrected chi connectivity index (χ2v) is 5.52. The van der Waals surface area contributed by atoms with Gasteiger partial charge < -0.3 is 10.4 Å². The third-order valence-corrected chi connectivity index (χ3v) is 3.74. The molecule has 11 heteroatoms. The van der Waals surface area contributed by atoms with Crippen LogP contribution in [0.3, 0.4) is 0 Å². The Morgan fingerprint density at radius 3 is 2.41 bits per heavy atom. The number of aliphatic imine (C=N–C) groups is 1. The highest BCUT2D eigenvalue weighted by atomic mass is 19.4. The maximum atomic E-state index is 13.0. The fraction of sp³-hybridized carbons (Fsp3) is 0.125. The number of benzene rings is 1. The first-order valence-corrected chi connectivity index (χ1v) is 7.44. The molecule has 0 saturated carbocycles. The van der Waals surface area contributed by atoms with Gasteiger partial charge in [-0.1, -0.05) is 12.1 Å². The van der Waals surface area contributed by atoms with Crippen LogP contribution in [0.2, 0.25) is 0 Å². The minimum atomic E-state index is -4.50. The number of anilines is 1. The van der Waals surface area contributed by atoms with Crippen molar-refractivity contribution in [3.05, 3.63) is 61.8 Å². The fourth-order valence-electron chi connectivity index (χ4n) is 2.49. The zero-order chi connectivity index (χ0) is 19.8. The summed E-state index contributed by atoms with van der Waals surface area (Å²) < 4.78 is 38.9. The number of aromatic nitrogens is 2. The van der Waals surface area contributed by atoms with Crippen molar-refractivity contribution in [3.63, 3.8) is 0 Å². The quantitative estimate of drug-likeness (QED) is 0.642. The van der Waals surface area contributed by atoms with Crippen LogP contribution in [0.5, 0.6) is 5.88 Å². The van der Waals surface area contributed by atoms with Gasteiger partial charge in [0, 0.05) is 17.5 Å². The highest BCUT2D eigenvalue weighted by Gasteiger charge is 2.37. The number of aromatic amines is 2. The molecule has 0 spiro atoms. The Labute approximate surface area is 148 Å². The number of nitrogens with zero attached hydrogens (tertiary/aromatic N) is 1. The van der Waals surface area contributed by atoms with Crippen LogP contribution in [-0.2, 0) is 0 Å². The van der Waals surface area contributed by atoms with E-state index in [0.717, 1.165) is 6.21 Å². The van der Waals surface area contributed by atoms with Crippen molar-refractivity contribution in [3.8, 4) is 5.88 Å². The van der Waals surface area contributed by atoms with Gasteiger partial charge in [-0.05, 0) is 17.7 Å². The van der Waals surface area contributed by atoms with E-state index in [1.54, 1.807) is 4.98 Å². The standard InChI is InChI=1S/C16H11F3N4O4/c17-16(18,19)10-6-20-5-9(10)7-1-3-8(4-2-7)21-12(24)11-13(25)22-15(27)23-14(11)26/h1-5H,6H2,(H,21,24)(H3,22,23,25,26,27). The van der Waals surface area contributed by atoms with E-state index in [1.807, 2.05) is 4.98 Å². The number of H-pyrrole nitrogens is 2. The minimum absolute atomic E-state index is 0.0601. The Morgan fingerprint density at radius 2 is 1.81 bits per heavy atom. The van der Waals surface area contributed by atoms with Crippen LogP contribution in [0.1, 0.15) is 15.9 Å². The van der Waals surface area contributed by atoms with Crippen molar-refractivity contribution in [2.24, 2.45) is 4.99 Å². The highest BCUT2D eigenvalue weighted by Crippen LogP contribution is 2.34. The Hall–Kier alpha value is -3.63. The van der Waals surface area contributed by atoms with Gasteiger partial charge in [0.05, 0.1) is 12.1 Å². The van der Waals surface area contributed by atoms with Crippen LogP contribution >= 0.6 is 0 Å². The predicted octanol–water partition coefficient (Wildman–Crippen LogP) is 1.42. The number of carbonyl (C=O) groups excluding carboxylic acids is 1. The van der Waals surface area contributed by atoms with Crippen LogP contribution in [0.15, 0.2) is 44.4 Å². The van der Waals surface area contributed by atoms with Crippen molar-refractivity contribution in [1.82, 2.24) is 9.97 Å². The molecular weight excluding hydrogens is 369 g/mol. The number of alkyl halides is 3. The maximum Gasteiger partial charge on any atom is 0.415 e. The molecule has 3 rings (SSSR count). The molecule has 1 aliphatic rings. The lowest BCUT2D eigenvalue weighted by atomic mass is 10.0. The van der Waals surface area contributed by atoms with Crippen LogP contribution in [0.4, 0.5) is 18.9 Å². The van der Waals surface area contributed by atoms with E-state index in [0.29, 0.717) is 0 Å². The minimum Gasteiger partial charge on any atom is -0.494 e. The molecular formula is C16H11F3N4O4. The molecule has 0 unspecified atom stereocenters. The van der Waals surface area contributed by atoms with E-state index in [-0.39, 0.29) is 16.8 Å². The van der Waals surface area contributed by atoms with Gasteiger partial charge in [0.25, 0.3) is 11.5 Å². The highest BCUT2D eigenvalue weighted by molar-refractivity contribution is 6.13. The molecule has 0 bridgehead atoms. The van der Waals surface area contributed by atoms with Crippen molar-refractivity contribution < 1.29 is 23.1 Å². The molecule has 0 radical (unpaired) electrons. The maximum absolute atomic E-state index is 13.0. The lowest BCUT2D eigenvalue weighted by Crippen LogP contribution is -2.30. The lowest BCUT2D eigenvalue weighted by Gasteiger charge is -2.11. The molecule has 0 aliphatic carbocycles. The van der Waals surface area contributed by atoms with E-state index < -0.39 is 46.9 Å². The molecule has 8 nitrogen and oxygen atoms in total. The molecule has 1 aromatic carbocycles. The number of halogens is 3. The average Bonchev–Trinajstić information content (AvgIpc) is 3.04. The fourth-order valence-corrected chi connectivity index (χ4v) is 2.49. The van der Waals surface area contributed by atoms with Crippen molar-refractivity contribution in [1.29, 1.82) is 0 Å². The molecule has 27 heavy (non-hydrogen) atoms. The first kappa shape index (κ1) is 18.2. The van der Waals surface area contributed by atoms with Gasteiger partial charge in [-0.2, -0.15) is 13.2 Å². The van der Waals surface area contributed by atoms with Crippen LogP contribution < -0.4 is 16.6 Å². The third kappa shape index (κ3) is 3.66. The predicted molar refractivity (Wildman–Crippen MR) is 90.1 cm³/mol. The monoisotopic (exact) mass is 380 g/mol. The molecule has 4 N–H and O–H groups in total. The van der Waals surface area contributed by atoms with Crippen molar-refractivity contribution >= 4 is 23.4 Å².